The van der Waals surface area contributed by atoms with Gasteiger partial charge in [-0.1, -0.05) is 25.4 Å². The molecule has 1 heterocycles. The third-order valence-corrected chi connectivity index (χ3v) is 3.41. The Bertz CT molecular complexity index is 369. The van der Waals surface area contributed by atoms with E-state index in [2.05, 4.69) is 40.1 Å². The maximum absolute atomic E-state index is 5.84. The summed E-state index contributed by atoms with van der Waals surface area (Å²) in [5.41, 5.74) is 5.74. The Hall–Kier alpha value is -0.320. The van der Waals surface area contributed by atoms with Crippen molar-refractivity contribution in [2.24, 2.45) is 11.1 Å². The molecule has 1 aromatic rings. The lowest BCUT2D eigenvalue weighted by molar-refractivity contribution is 0.350. The molecule has 96 valence electrons. The van der Waals surface area contributed by atoms with Crippen LogP contribution in [0.5, 0.6) is 0 Å². The summed E-state index contributed by atoms with van der Waals surface area (Å²) in [5.74, 6) is 0.829. The number of hydrogen-bond acceptors (Lipinski definition) is 3. The van der Waals surface area contributed by atoms with Crippen LogP contribution in [0.1, 0.15) is 26.7 Å². The van der Waals surface area contributed by atoms with Crippen molar-refractivity contribution in [3.63, 3.8) is 0 Å². The summed E-state index contributed by atoms with van der Waals surface area (Å²) >= 11 is 9.28. The lowest BCUT2D eigenvalue weighted by atomic mass is 9.88. The fraction of sp³-hybridized carbons (Fsp3) is 0.583. The van der Waals surface area contributed by atoms with Crippen LogP contribution >= 0.6 is 27.5 Å². The van der Waals surface area contributed by atoms with Crippen LogP contribution in [0.15, 0.2) is 16.7 Å². The maximum atomic E-state index is 5.84. The quantitative estimate of drug-likeness (QED) is 0.840. The fourth-order valence-corrected chi connectivity index (χ4v) is 2.32. The van der Waals surface area contributed by atoms with Gasteiger partial charge in [-0.15, -0.1) is 0 Å². The Kier molecular flexibility index (Phi) is 5.70. The Balaban J connectivity index is 2.54. The summed E-state index contributed by atoms with van der Waals surface area (Å²) in [6, 6.07) is 1.84. The molecule has 0 saturated heterocycles. The lowest BCUT2D eigenvalue weighted by Gasteiger charge is -2.25. The van der Waals surface area contributed by atoms with Gasteiger partial charge < -0.3 is 11.1 Å². The molecule has 0 aliphatic carbocycles. The number of nitrogens with one attached hydrogen (secondary N) is 1. The SMILES string of the molecule is CC(C)(CCCN)CNc1ncc(Cl)cc1Br. The molecule has 5 heteroatoms. The Morgan fingerprint density at radius 1 is 1.53 bits per heavy atom. The highest BCUT2D eigenvalue weighted by molar-refractivity contribution is 9.10. The lowest BCUT2D eigenvalue weighted by Crippen LogP contribution is -2.24. The number of nitrogens with two attached hydrogens (primary N) is 1. The summed E-state index contributed by atoms with van der Waals surface area (Å²) in [7, 11) is 0. The predicted molar refractivity (Wildman–Crippen MR) is 77.5 cm³/mol. The highest BCUT2D eigenvalue weighted by Gasteiger charge is 2.17. The van der Waals surface area contributed by atoms with Gasteiger partial charge in [-0.2, -0.15) is 0 Å². The largest absolute Gasteiger partial charge is 0.369 e. The summed E-state index contributed by atoms with van der Waals surface area (Å²) in [4.78, 5) is 4.25. The van der Waals surface area contributed by atoms with Crippen LogP contribution in [0.25, 0.3) is 0 Å². The van der Waals surface area contributed by atoms with E-state index < -0.39 is 0 Å². The van der Waals surface area contributed by atoms with Crippen LogP contribution in [0.3, 0.4) is 0 Å². The first kappa shape index (κ1) is 14.7. The van der Waals surface area contributed by atoms with E-state index in [0.717, 1.165) is 36.2 Å². The van der Waals surface area contributed by atoms with Crippen molar-refractivity contribution in [2.45, 2.75) is 26.7 Å². The normalized spacial score (nSPS) is 11.6. The first-order chi connectivity index (χ1) is 7.94. The fourth-order valence-electron chi connectivity index (χ4n) is 1.54. The van der Waals surface area contributed by atoms with Crippen molar-refractivity contribution in [1.82, 2.24) is 4.98 Å². The van der Waals surface area contributed by atoms with Gasteiger partial charge in [0.1, 0.15) is 5.82 Å². The smallest absolute Gasteiger partial charge is 0.140 e. The number of rotatable bonds is 6. The predicted octanol–water partition coefficient (Wildman–Crippen LogP) is 3.67. The van der Waals surface area contributed by atoms with E-state index >= 15 is 0 Å². The molecular weight excluding hydrogens is 302 g/mol. The zero-order valence-electron chi connectivity index (χ0n) is 10.3. The minimum Gasteiger partial charge on any atom is -0.369 e. The molecule has 0 unspecified atom stereocenters. The van der Waals surface area contributed by atoms with Gasteiger partial charge in [-0.3, -0.25) is 0 Å². The molecule has 0 atom stereocenters. The van der Waals surface area contributed by atoms with E-state index in [1.807, 2.05) is 6.07 Å². The van der Waals surface area contributed by atoms with Crippen molar-refractivity contribution in [3.8, 4) is 0 Å². The summed E-state index contributed by atoms with van der Waals surface area (Å²) in [6.45, 7) is 6.05. The highest BCUT2D eigenvalue weighted by Crippen LogP contribution is 2.26. The molecule has 0 aliphatic rings. The second-order valence-corrected chi connectivity index (χ2v) is 6.18. The first-order valence-corrected chi connectivity index (χ1v) is 6.87. The van der Waals surface area contributed by atoms with Gasteiger partial charge in [0.05, 0.1) is 9.50 Å². The molecule has 1 rings (SSSR count). The second kappa shape index (κ2) is 6.57. The van der Waals surface area contributed by atoms with Crippen molar-refractivity contribution in [2.75, 3.05) is 18.4 Å². The minimum atomic E-state index is 0.208. The molecule has 3 nitrogen and oxygen atoms in total. The first-order valence-electron chi connectivity index (χ1n) is 5.69. The molecule has 0 bridgehead atoms. The molecule has 0 aromatic carbocycles. The summed E-state index contributed by atoms with van der Waals surface area (Å²) in [6.07, 6.45) is 3.78. The molecule has 0 amide bonds. The molecule has 0 saturated carbocycles. The molecule has 0 fully saturated rings. The number of pyridine rings is 1. The summed E-state index contributed by atoms with van der Waals surface area (Å²) < 4.78 is 0.889. The maximum Gasteiger partial charge on any atom is 0.140 e. The van der Waals surface area contributed by atoms with Gasteiger partial charge in [0.2, 0.25) is 0 Å². The van der Waals surface area contributed by atoms with Gasteiger partial charge in [0, 0.05) is 12.7 Å². The number of hydrogen-bond donors (Lipinski definition) is 2. The van der Waals surface area contributed by atoms with Crippen molar-refractivity contribution < 1.29 is 0 Å². The third kappa shape index (κ3) is 5.23. The van der Waals surface area contributed by atoms with Crippen LogP contribution in [-0.2, 0) is 0 Å². The molecule has 0 radical (unpaired) electrons. The number of anilines is 1. The average molecular weight is 321 g/mol. The molecule has 17 heavy (non-hydrogen) atoms. The van der Waals surface area contributed by atoms with Crippen molar-refractivity contribution in [3.05, 3.63) is 21.8 Å². The van der Waals surface area contributed by atoms with E-state index in [1.54, 1.807) is 6.20 Å². The molecule has 0 spiro atoms. The van der Waals surface area contributed by atoms with Crippen molar-refractivity contribution >= 4 is 33.3 Å². The van der Waals surface area contributed by atoms with E-state index in [4.69, 9.17) is 17.3 Å². The topological polar surface area (TPSA) is 50.9 Å². The molecule has 1 aromatic heterocycles. The van der Waals surface area contributed by atoms with Crippen LogP contribution < -0.4 is 11.1 Å². The third-order valence-electron chi connectivity index (χ3n) is 2.60. The zero-order chi connectivity index (χ0) is 12.9. The van der Waals surface area contributed by atoms with Crippen LogP contribution in [0, 0.1) is 5.41 Å². The molecule has 3 N–H and O–H groups in total. The zero-order valence-corrected chi connectivity index (χ0v) is 12.6. The standard InChI is InChI=1S/C12H19BrClN3/c1-12(2,4-3-5-15)8-17-11-10(13)6-9(14)7-16-11/h6-7H,3-5,8,15H2,1-2H3,(H,16,17). The van der Waals surface area contributed by atoms with E-state index in [0.29, 0.717) is 5.02 Å². The van der Waals surface area contributed by atoms with E-state index in [1.165, 1.54) is 0 Å². The Labute approximate surface area is 116 Å². The minimum absolute atomic E-state index is 0.208. The second-order valence-electron chi connectivity index (χ2n) is 4.89. The molecular formula is C12H19BrClN3. The van der Waals surface area contributed by atoms with Gasteiger partial charge >= 0.3 is 0 Å². The van der Waals surface area contributed by atoms with Crippen molar-refractivity contribution in [1.29, 1.82) is 0 Å². The summed E-state index contributed by atoms with van der Waals surface area (Å²) in [5, 5.41) is 3.96. The van der Waals surface area contributed by atoms with Gasteiger partial charge in [-0.05, 0) is 46.8 Å². The highest BCUT2D eigenvalue weighted by atomic mass is 79.9. The van der Waals surface area contributed by atoms with Crippen LogP contribution in [0.4, 0.5) is 5.82 Å². The van der Waals surface area contributed by atoms with E-state index in [9.17, 15) is 0 Å². The van der Waals surface area contributed by atoms with Crippen LogP contribution in [0.2, 0.25) is 5.02 Å². The van der Waals surface area contributed by atoms with E-state index in [-0.39, 0.29) is 5.41 Å². The molecule has 0 aliphatic heterocycles. The van der Waals surface area contributed by atoms with Gasteiger partial charge in [0.15, 0.2) is 0 Å². The van der Waals surface area contributed by atoms with Gasteiger partial charge in [0.25, 0.3) is 0 Å². The van der Waals surface area contributed by atoms with Gasteiger partial charge in [-0.25, -0.2) is 4.98 Å². The number of aromatic nitrogens is 1. The Morgan fingerprint density at radius 3 is 2.82 bits per heavy atom. The Morgan fingerprint density at radius 2 is 2.24 bits per heavy atom. The monoisotopic (exact) mass is 319 g/mol. The number of nitrogens with zero attached hydrogens (tertiary/aromatic N) is 1. The average Bonchev–Trinajstić information content (AvgIpc) is 2.25. The van der Waals surface area contributed by atoms with Crippen LogP contribution in [-0.4, -0.2) is 18.1 Å². The number of halogens is 2.